The molecule has 108 valence electrons. The minimum Gasteiger partial charge on any atom is -0.490 e. The molecule has 2 aromatic rings. The first-order valence-corrected chi connectivity index (χ1v) is 7.42. The van der Waals surface area contributed by atoms with Crippen LogP contribution in [-0.4, -0.2) is 13.2 Å². The molecule has 0 bridgehead atoms. The van der Waals surface area contributed by atoms with E-state index in [1.165, 1.54) is 5.56 Å². The van der Waals surface area contributed by atoms with Crippen molar-refractivity contribution in [3.8, 4) is 17.6 Å². The minimum absolute atomic E-state index is 0.442. The van der Waals surface area contributed by atoms with Crippen molar-refractivity contribution < 1.29 is 9.47 Å². The van der Waals surface area contributed by atoms with Crippen LogP contribution < -0.4 is 9.47 Å². The largest absolute Gasteiger partial charge is 0.490 e. The summed E-state index contributed by atoms with van der Waals surface area (Å²) in [6.07, 6.45) is 0. The molecule has 2 rings (SSSR count). The molecule has 0 fully saturated rings. The molecular formula is C17H16BrNO2. The molecule has 0 aliphatic heterocycles. The Bertz CT molecular complexity index is 677. The number of rotatable bonds is 5. The third-order valence-corrected chi connectivity index (χ3v) is 3.62. The molecule has 0 unspecified atom stereocenters. The highest BCUT2D eigenvalue weighted by atomic mass is 79.9. The lowest BCUT2D eigenvalue weighted by molar-refractivity contribution is 0.215. The highest BCUT2D eigenvalue weighted by Gasteiger charge is 2.04. The fourth-order valence-electron chi connectivity index (χ4n) is 1.85. The predicted octanol–water partition coefficient (Wildman–Crippen LogP) is 4.40. The van der Waals surface area contributed by atoms with E-state index in [-0.39, 0.29) is 0 Å². The van der Waals surface area contributed by atoms with Gasteiger partial charge in [-0.05, 0) is 65.2 Å². The highest BCUT2D eigenvalue weighted by molar-refractivity contribution is 9.10. The first-order chi connectivity index (χ1) is 10.1. The average Bonchev–Trinajstić information content (AvgIpc) is 2.48. The van der Waals surface area contributed by atoms with E-state index in [9.17, 15) is 0 Å². The van der Waals surface area contributed by atoms with Gasteiger partial charge in [0.05, 0.1) is 16.1 Å². The van der Waals surface area contributed by atoms with Crippen molar-refractivity contribution in [2.24, 2.45) is 0 Å². The molecule has 0 N–H and O–H groups in total. The molecule has 0 aromatic heterocycles. The summed E-state index contributed by atoms with van der Waals surface area (Å²) in [5, 5.41) is 8.81. The zero-order chi connectivity index (χ0) is 15.2. The summed E-state index contributed by atoms with van der Waals surface area (Å²) in [5.74, 6) is 1.59. The predicted molar refractivity (Wildman–Crippen MR) is 85.8 cm³/mol. The van der Waals surface area contributed by atoms with Crippen LogP contribution in [0.15, 0.2) is 40.9 Å². The molecule has 0 saturated heterocycles. The molecule has 4 heteroatoms. The van der Waals surface area contributed by atoms with Gasteiger partial charge in [-0.25, -0.2) is 0 Å². The zero-order valence-electron chi connectivity index (χ0n) is 12.0. The molecule has 2 aromatic carbocycles. The molecule has 0 saturated carbocycles. The van der Waals surface area contributed by atoms with E-state index in [4.69, 9.17) is 14.7 Å². The Balaban J connectivity index is 1.88. The maximum atomic E-state index is 8.81. The van der Waals surface area contributed by atoms with Crippen molar-refractivity contribution in [1.29, 1.82) is 5.26 Å². The Morgan fingerprint density at radius 1 is 1.00 bits per heavy atom. The third-order valence-electron chi connectivity index (χ3n) is 3.00. The van der Waals surface area contributed by atoms with Crippen molar-refractivity contribution in [3.05, 3.63) is 57.6 Å². The van der Waals surface area contributed by atoms with Crippen LogP contribution in [0.2, 0.25) is 0 Å². The summed E-state index contributed by atoms with van der Waals surface area (Å²) >= 11 is 3.39. The smallest absolute Gasteiger partial charge is 0.133 e. The van der Waals surface area contributed by atoms with Crippen LogP contribution in [0.1, 0.15) is 16.7 Å². The lowest BCUT2D eigenvalue weighted by Gasteiger charge is -2.12. The lowest BCUT2D eigenvalue weighted by Crippen LogP contribution is -2.10. The van der Waals surface area contributed by atoms with E-state index in [0.29, 0.717) is 24.5 Å². The summed E-state index contributed by atoms with van der Waals surface area (Å²) in [7, 11) is 0. The number of aryl methyl sites for hydroxylation is 2. The SMILES string of the molecule is Cc1ccc(C)c(OCCOc2ccc(C#N)cc2Br)c1. The number of hydrogen-bond donors (Lipinski definition) is 0. The van der Waals surface area contributed by atoms with Gasteiger partial charge in [-0.15, -0.1) is 0 Å². The first-order valence-electron chi connectivity index (χ1n) is 6.62. The van der Waals surface area contributed by atoms with Gasteiger partial charge in [0, 0.05) is 0 Å². The van der Waals surface area contributed by atoms with Gasteiger partial charge in [-0.1, -0.05) is 12.1 Å². The van der Waals surface area contributed by atoms with Crippen molar-refractivity contribution in [2.75, 3.05) is 13.2 Å². The molecule has 0 amide bonds. The third kappa shape index (κ3) is 4.24. The maximum Gasteiger partial charge on any atom is 0.133 e. The van der Waals surface area contributed by atoms with Crippen molar-refractivity contribution in [3.63, 3.8) is 0 Å². The van der Waals surface area contributed by atoms with Crippen molar-refractivity contribution >= 4 is 15.9 Å². The Labute approximate surface area is 133 Å². The van der Waals surface area contributed by atoms with Crippen molar-refractivity contribution in [2.45, 2.75) is 13.8 Å². The Kier molecular flexibility index (Phi) is 5.24. The van der Waals surface area contributed by atoms with Gasteiger partial charge in [-0.2, -0.15) is 5.26 Å². The molecule has 0 radical (unpaired) electrons. The Morgan fingerprint density at radius 3 is 2.38 bits per heavy atom. The zero-order valence-corrected chi connectivity index (χ0v) is 13.6. The van der Waals surface area contributed by atoms with Crippen LogP contribution >= 0.6 is 15.9 Å². The van der Waals surface area contributed by atoms with E-state index in [2.05, 4.69) is 28.1 Å². The molecular weight excluding hydrogens is 330 g/mol. The van der Waals surface area contributed by atoms with Gasteiger partial charge in [0.25, 0.3) is 0 Å². The molecule has 21 heavy (non-hydrogen) atoms. The van der Waals surface area contributed by atoms with Crippen LogP contribution in [0.25, 0.3) is 0 Å². The summed E-state index contributed by atoms with van der Waals surface area (Å²) in [6.45, 7) is 4.97. The second-order valence-electron chi connectivity index (χ2n) is 4.72. The fraction of sp³-hybridized carbons (Fsp3) is 0.235. The topological polar surface area (TPSA) is 42.2 Å². The summed E-state index contributed by atoms with van der Waals surface area (Å²) in [6, 6.07) is 13.5. The Hall–Kier alpha value is -1.99. The van der Waals surface area contributed by atoms with Crippen LogP contribution in [0.5, 0.6) is 11.5 Å². The van der Waals surface area contributed by atoms with E-state index < -0.39 is 0 Å². The molecule has 3 nitrogen and oxygen atoms in total. The average molecular weight is 346 g/mol. The standard InChI is InChI=1S/C17H16BrNO2/c1-12-3-4-13(2)17(9-12)21-8-7-20-16-6-5-14(11-19)10-15(16)18/h3-6,9-10H,7-8H2,1-2H3. The highest BCUT2D eigenvalue weighted by Crippen LogP contribution is 2.26. The van der Waals surface area contributed by atoms with Crippen LogP contribution in [0.3, 0.4) is 0 Å². The first kappa shape index (κ1) is 15.4. The summed E-state index contributed by atoms with van der Waals surface area (Å²) in [4.78, 5) is 0. The molecule has 0 heterocycles. The number of nitriles is 1. The number of halogens is 1. The molecule has 0 atom stereocenters. The quantitative estimate of drug-likeness (QED) is 0.754. The van der Waals surface area contributed by atoms with Gasteiger partial charge in [0.1, 0.15) is 24.7 Å². The van der Waals surface area contributed by atoms with Gasteiger partial charge in [-0.3, -0.25) is 0 Å². The summed E-state index contributed by atoms with van der Waals surface area (Å²) < 4.78 is 12.1. The second kappa shape index (κ2) is 7.14. The normalized spacial score (nSPS) is 10.0. The van der Waals surface area contributed by atoms with Crippen LogP contribution in [0.4, 0.5) is 0 Å². The number of benzene rings is 2. The monoisotopic (exact) mass is 345 g/mol. The lowest BCUT2D eigenvalue weighted by atomic mass is 10.1. The van der Waals surface area contributed by atoms with Gasteiger partial charge in [0.2, 0.25) is 0 Å². The minimum atomic E-state index is 0.442. The maximum absolute atomic E-state index is 8.81. The molecule has 0 spiro atoms. The van der Waals surface area contributed by atoms with Gasteiger partial charge >= 0.3 is 0 Å². The van der Waals surface area contributed by atoms with Gasteiger partial charge in [0.15, 0.2) is 0 Å². The van der Waals surface area contributed by atoms with Gasteiger partial charge < -0.3 is 9.47 Å². The van der Waals surface area contributed by atoms with E-state index in [1.807, 2.05) is 26.0 Å². The van der Waals surface area contributed by atoms with Crippen LogP contribution in [-0.2, 0) is 0 Å². The molecule has 0 aliphatic rings. The second-order valence-corrected chi connectivity index (χ2v) is 5.58. The van der Waals surface area contributed by atoms with E-state index >= 15 is 0 Å². The van der Waals surface area contributed by atoms with Crippen LogP contribution in [0, 0.1) is 25.2 Å². The summed E-state index contributed by atoms with van der Waals surface area (Å²) in [5.41, 5.74) is 2.88. The fourth-order valence-corrected chi connectivity index (χ4v) is 2.35. The number of nitrogens with zero attached hydrogens (tertiary/aromatic N) is 1. The number of ether oxygens (including phenoxy) is 2. The number of hydrogen-bond acceptors (Lipinski definition) is 3. The van der Waals surface area contributed by atoms with E-state index in [1.54, 1.807) is 18.2 Å². The van der Waals surface area contributed by atoms with Crippen molar-refractivity contribution in [1.82, 2.24) is 0 Å². The Morgan fingerprint density at radius 2 is 1.71 bits per heavy atom. The van der Waals surface area contributed by atoms with E-state index in [0.717, 1.165) is 15.8 Å². The molecule has 0 aliphatic carbocycles.